The SMILES string of the molecule is CSc1ccccc1C(=O)c1cccc2c1OCC2. The monoisotopic (exact) mass is 270 g/mol. The Morgan fingerprint density at radius 3 is 2.74 bits per heavy atom. The lowest BCUT2D eigenvalue weighted by Crippen LogP contribution is -2.05. The van der Waals surface area contributed by atoms with Gasteiger partial charge in [-0.1, -0.05) is 24.3 Å². The molecule has 1 heterocycles. The van der Waals surface area contributed by atoms with Gasteiger partial charge in [0.05, 0.1) is 12.2 Å². The van der Waals surface area contributed by atoms with E-state index in [9.17, 15) is 4.79 Å². The highest BCUT2D eigenvalue weighted by atomic mass is 32.2. The third-order valence-electron chi connectivity index (χ3n) is 3.31. The van der Waals surface area contributed by atoms with E-state index in [1.54, 1.807) is 11.8 Å². The van der Waals surface area contributed by atoms with Crippen molar-refractivity contribution in [2.75, 3.05) is 12.9 Å². The molecule has 2 aromatic rings. The van der Waals surface area contributed by atoms with Gasteiger partial charge in [0.2, 0.25) is 0 Å². The van der Waals surface area contributed by atoms with Crippen LogP contribution in [0.3, 0.4) is 0 Å². The molecule has 0 aromatic heterocycles. The summed E-state index contributed by atoms with van der Waals surface area (Å²) in [6.45, 7) is 0.670. The zero-order chi connectivity index (χ0) is 13.2. The van der Waals surface area contributed by atoms with Gasteiger partial charge in [0.15, 0.2) is 5.78 Å². The Hall–Kier alpha value is -1.74. The number of rotatable bonds is 3. The van der Waals surface area contributed by atoms with Gasteiger partial charge in [-0.3, -0.25) is 4.79 Å². The molecule has 3 heteroatoms. The summed E-state index contributed by atoms with van der Waals surface area (Å²) in [6.07, 6.45) is 2.87. The molecule has 1 aliphatic heterocycles. The zero-order valence-corrected chi connectivity index (χ0v) is 11.5. The van der Waals surface area contributed by atoms with E-state index >= 15 is 0 Å². The van der Waals surface area contributed by atoms with Gasteiger partial charge in [-0.2, -0.15) is 0 Å². The Labute approximate surface area is 116 Å². The van der Waals surface area contributed by atoms with Gasteiger partial charge in [0, 0.05) is 16.9 Å². The molecule has 0 unspecified atom stereocenters. The van der Waals surface area contributed by atoms with Gasteiger partial charge in [-0.05, 0) is 30.0 Å². The van der Waals surface area contributed by atoms with Crippen molar-refractivity contribution in [1.82, 2.24) is 0 Å². The third kappa shape index (κ3) is 2.15. The lowest BCUT2D eigenvalue weighted by Gasteiger charge is -2.09. The Balaban J connectivity index is 2.08. The summed E-state index contributed by atoms with van der Waals surface area (Å²) in [5.41, 5.74) is 2.56. The minimum Gasteiger partial charge on any atom is -0.492 e. The molecular weight excluding hydrogens is 256 g/mol. The second kappa shape index (κ2) is 5.10. The normalized spacial score (nSPS) is 12.9. The van der Waals surface area contributed by atoms with Crippen molar-refractivity contribution in [3.63, 3.8) is 0 Å². The number of ketones is 1. The van der Waals surface area contributed by atoms with E-state index in [1.807, 2.05) is 48.7 Å². The van der Waals surface area contributed by atoms with Crippen molar-refractivity contribution in [2.45, 2.75) is 11.3 Å². The van der Waals surface area contributed by atoms with E-state index < -0.39 is 0 Å². The quantitative estimate of drug-likeness (QED) is 0.630. The van der Waals surface area contributed by atoms with Crippen molar-refractivity contribution in [3.05, 3.63) is 59.2 Å². The van der Waals surface area contributed by atoms with Crippen LogP contribution in [0.5, 0.6) is 5.75 Å². The molecule has 0 radical (unpaired) electrons. The lowest BCUT2D eigenvalue weighted by molar-refractivity contribution is 0.103. The number of ether oxygens (including phenoxy) is 1. The molecule has 0 aliphatic carbocycles. The summed E-state index contributed by atoms with van der Waals surface area (Å²) < 4.78 is 5.62. The molecule has 19 heavy (non-hydrogen) atoms. The number of fused-ring (bicyclic) bond motifs is 1. The number of hydrogen-bond donors (Lipinski definition) is 0. The van der Waals surface area contributed by atoms with E-state index in [1.165, 1.54) is 0 Å². The molecule has 0 spiro atoms. The summed E-state index contributed by atoms with van der Waals surface area (Å²) in [5.74, 6) is 0.812. The Morgan fingerprint density at radius 1 is 1.11 bits per heavy atom. The number of carbonyl (C=O) groups excluding carboxylic acids is 1. The Bertz CT molecular complexity index is 634. The molecule has 2 aromatic carbocycles. The first kappa shape index (κ1) is 12.3. The van der Waals surface area contributed by atoms with Crippen molar-refractivity contribution < 1.29 is 9.53 Å². The van der Waals surface area contributed by atoms with Crippen LogP contribution in [0, 0.1) is 0 Å². The molecule has 96 valence electrons. The fourth-order valence-corrected chi connectivity index (χ4v) is 2.97. The number of hydrogen-bond acceptors (Lipinski definition) is 3. The van der Waals surface area contributed by atoms with Crippen LogP contribution in [0.15, 0.2) is 47.4 Å². The molecule has 1 aliphatic rings. The Kier molecular flexibility index (Phi) is 3.30. The van der Waals surface area contributed by atoms with Gasteiger partial charge < -0.3 is 4.74 Å². The summed E-state index contributed by atoms with van der Waals surface area (Å²) in [5, 5.41) is 0. The first-order valence-electron chi connectivity index (χ1n) is 6.23. The van der Waals surface area contributed by atoms with Crippen LogP contribution >= 0.6 is 11.8 Å². The predicted octanol–water partition coefficient (Wildman–Crippen LogP) is 3.57. The summed E-state index contributed by atoms with van der Waals surface area (Å²) >= 11 is 1.59. The fraction of sp³-hybridized carbons (Fsp3) is 0.188. The van der Waals surface area contributed by atoms with E-state index in [4.69, 9.17) is 4.74 Å². The van der Waals surface area contributed by atoms with Crippen LogP contribution < -0.4 is 4.74 Å². The Morgan fingerprint density at radius 2 is 1.89 bits per heavy atom. The minimum atomic E-state index is 0.0451. The predicted molar refractivity (Wildman–Crippen MR) is 77.3 cm³/mol. The van der Waals surface area contributed by atoms with Crippen LogP contribution in [0.25, 0.3) is 0 Å². The molecule has 0 saturated heterocycles. The van der Waals surface area contributed by atoms with E-state index in [0.717, 1.165) is 28.2 Å². The molecule has 3 rings (SSSR count). The second-order valence-electron chi connectivity index (χ2n) is 4.42. The molecular formula is C16H14O2S. The summed E-state index contributed by atoms with van der Waals surface area (Å²) in [7, 11) is 0. The van der Waals surface area contributed by atoms with Gasteiger partial charge >= 0.3 is 0 Å². The maximum absolute atomic E-state index is 12.7. The molecule has 0 N–H and O–H groups in total. The minimum absolute atomic E-state index is 0.0451. The highest BCUT2D eigenvalue weighted by molar-refractivity contribution is 7.98. The van der Waals surface area contributed by atoms with E-state index in [0.29, 0.717) is 12.2 Å². The average molecular weight is 270 g/mol. The van der Waals surface area contributed by atoms with Crippen LogP contribution in [0.2, 0.25) is 0 Å². The molecule has 2 nitrogen and oxygen atoms in total. The van der Waals surface area contributed by atoms with Crippen molar-refractivity contribution in [1.29, 1.82) is 0 Å². The first-order chi connectivity index (χ1) is 9.31. The molecule has 0 atom stereocenters. The number of para-hydroxylation sites is 1. The number of thioether (sulfide) groups is 1. The fourth-order valence-electron chi connectivity index (χ4n) is 2.37. The largest absolute Gasteiger partial charge is 0.492 e. The first-order valence-corrected chi connectivity index (χ1v) is 7.46. The molecule has 0 saturated carbocycles. The van der Waals surface area contributed by atoms with Crippen molar-refractivity contribution >= 4 is 17.5 Å². The van der Waals surface area contributed by atoms with Gasteiger partial charge in [-0.15, -0.1) is 11.8 Å². The number of carbonyl (C=O) groups is 1. The summed E-state index contributed by atoms with van der Waals surface area (Å²) in [6, 6.07) is 13.5. The highest BCUT2D eigenvalue weighted by Crippen LogP contribution is 2.32. The summed E-state index contributed by atoms with van der Waals surface area (Å²) in [4.78, 5) is 13.7. The standard InChI is InChI=1S/C16H14O2S/c1-19-14-8-3-2-6-12(14)15(17)13-7-4-5-11-9-10-18-16(11)13/h2-8H,9-10H2,1H3. The van der Waals surface area contributed by atoms with Gasteiger partial charge in [-0.25, -0.2) is 0 Å². The van der Waals surface area contributed by atoms with Crippen LogP contribution in [0.1, 0.15) is 21.5 Å². The van der Waals surface area contributed by atoms with E-state index in [-0.39, 0.29) is 5.78 Å². The maximum atomic E-state index is 12.7. The zero-order valence-electron chi connectivity index (χ0n) is 10.7. The average Bonchev–Trinajstić information content (AvgIpc) is 2.94. The third-order valence-corrected chi connectivity index (χ3v) is 4.11. The second-order valence-corrected chi connectivity index (χ2v) is 5.27. The van der Waals surface area contributed by atoms with Gasteiger partial charge in [0.25, 0.3) is 0 Å². The topological polar surface area (TPSA) is 26.3 Å². The van der Waals surface area contributed by atoms with Crippen LogP contribution in [-0.4, -0.2) is 18.6 Å². The molecule has 0 bridgehead atoms. The molecule has 0 fully saturated rings. The van der Waals surface area contributed by atoms with E-state index in [2.05, 4.69) is 0 Å². The number of benzene rings is 2. The highest BCUT2D eigenvalue weighted by Gasteiger charge is 2.22. The lowest BCUT2D eigenvalue weighted by atomic mass is 10.00. The smallest absolute Gasteiger partial charge is 0.197 e. The van der Waals surface area contributed by atoms with Crippen LogP contribution in [-0.2, 0) is 6.42 Å². The van der Waals surface area contributed by atoms with Gasteiger partial charge in [0.1, 0.15) is 5.75 Å². The van der Waals surface area contributed by atoms with Crippen molar-refractivity contribution in [3.8, 4) is 5.75 Å². The maximum Gasteiger partial charge on any atom is 0.197 e. The van der Waals surface area contributed by atoms with Crippen molar-refractivity contribution in [2.24, 2.45) is 0 Å². The van der Waals surface area contributed by atoms with Crippen LogP contribution in [0.4, 0.5) is 0 Å². The molecule has 0 amide bonds.